The fourth-order valence-electron chi connectivity index (χ4n) is 4.07. The van der Waals surface area contributed by atoms with E-state index in [2.05, 4.69) is 30.2 Å². The van der Waals surface area contributed by atoms with Gasteiger partial charge in [-0.05, 0) is 43.2 Å². The number of imidazole rings is 1. The number of fused-ring (bicyclic) bond motifs is 2. The fraction of sp³-hybridized carbons (Fsp3) is 0.167. The molecule has 1 unspecified atom stereocenters. The van der Waals surface area contributed by atoms with Gasteiger partial charge in [0, 0.05) is 13.3 Å². The molecule has 5 rings (SSSR count). The second kappa shape index (κ2) is 8.39. The van der Waals surface area contributed by atoms with E-state index in [9.17, 15) is 4.79 Å². The Morgan fingerprint density at radius 1 is 1.18 bits per heavy atom. The van der Waals surface area contributed by atoms with Crippen LogP contribution in [0.15, 0.2) is 58.6 Å². The molecule has 0 radical (unpaired) electrons. The molecule has 0 saturated heterocycles. The predicted molar refractivity (Wildman–Crippen MR) is 134 cm³/mol. The topological polar surface area (TPSA) is 140 Å². The molecule has 10 heteroatoms. The van der Waals surface area contributed by atoms with E-state index in [-0.39, 0.29) is 11.5 Å². The minimum Gasteiger partial charge on any atom is -0.368 e. The summed E-state index contributed by atoms with van der Waals surface area (Å²) in [6, 6.07) is 12.9. The summed E-state index contributed by atoms with van der Waals surface area (Å²) in [5.74, 6) is 1.10. The lowest BCUT2D eigenvalue weighted by Gasteiger charge is -2.21. The van der Waals surface area contributed by atoms with E-state index in [0.29, 0.717) is 39.4 Å². The van der Waals surface area contributed by atoms with E-state index in [0.717, 1.165) is 11.1 Å². The molecule has 0 aliphatic heterocycles. The lowest BCUT2D eigenvalue weighted by atomic mass is 10.1. The molecule has 2 aromatic carbocycles. The quantitative estimate of drug-likeness (QED) is 0.347. The van der Waals surface area contributed by atoms with Crippen molar-refractivity contribution in [2.75, 3.05) is 18.1 Å². The zero-order valence-corrected chi connectivity index (χ0v) is 18.9. The zero-order valence-electron chi connectivity index (χ0n) is 18.9. The van der Waals surface area contributed by atoms with E-state index in [1.165, 1.54) is 6.33 Å². The Bertz CT molecular complexity index is 1620. The van der Waals surface area contributed by atoms with Crippen LogP contribution in [0.5, 0.6) is 0 Å². The first-order valence-electron chi connectivity index (χ1n) is 10.7. The SMILES string of the molecule is CN=Cc1cccc(-n2c(C(C)Nc3nc(N)nc4nc[nH]c34)nc3cccc(C)c3c2=O)c1. The van der Waals surface area contributed by atoms with Crippen LogP contribution in [0, 0.1) is 6.92 Å². The summed E-state index contributed by atoms with van der Waals surface area (Å²) in [6.45, 7) is 3.83. The van der Waals surface area contributed by atoms with Crippen molar-refractivity contribution in [2.24, 2.45) is 4.99 Å². The van der Waals surface area contributed by atoms with Crippen molar-refractivity contribution in [1.29, 1.82) is 0 Å². The van der Waals surface area contributed by atoms with Gasteiger partial charge >= 0.3 is 0 Å². The highest BCUT2D eigenvalue weighted by Gasteiger charge is 2.21. The van der Waals surface area contributed by atoms with E-state index in [1.807, 2.05) is 56.3 Å². The summed E-state index contributed by atoms with van der Waals surface area (Å²) >= 11 is 0. The Morgan fingerprint density at radius 3 is 2.82 bits per heavy atom. The zero-order chi connectivity index (χ0) is 23.8. The van der Waals surface area contributed by atoms with Crippen molar-refractivity contribution in [3.05, 3.63) is 76.1 Å². The van der Waals surface area contributed by atoms with Crippen LogP contribution in [-0.4, -0.2) is 42.7 Å². The van der Waals surface area contributed by atoms with Crippen LogP contribution in [0.1, 0.15) is 29.9 Å². The van der Waals surface area contributed by atoms with Crippen LogP contribution in [0.3, 0.4) is 0 Å². The summed E-state index contributed by atoms with van der Waals surface area (Å²) in [5.41, 5.74) is 9.87. The molecule has 0 spiro atoms. The number of hydrogen-bond donors (Lipinski definition) is 3. The summed E-state index contributed by atoms with van der Waals surface area (Å²) in [6.07, 6.45) is 3.27. The largest absolute Gasteiger partial charge is 0.368 e. The number of aromatic nitrogens is 6. The molecule has 3 aromatic heterocycles. The number of benzene rings is 2. The first-order chi connectivity index (χ1) is 16.5. The lowest BCUT2D eigenvalue weighted by molar-refractivity contribution is 0.731. The number of aromatic amines is 1. The van der Waals surface area contributed by atoms with E-state index >= 15 is 0 Å². The number of aliphatic imine (C=N–C) groups is 1. The number of H-pyrrole nitrogens is 1. The molecule has 1 atom stereocenters. The van der Waals surface area contributed by atoms with E-state index in [1.54, 1.807) is 17.8 Å². The predicted octanol–water partition coefficient (Wildman–Crippen LogP) is 3.16. The summed E-state index contributed by atoms with van der Waals surface area (Å²) in [5, 5.41) is 3.91. The molecule has 4 N–H and O–H groups in total. The normalized spacial score (nSPS) is 12.6. The monoisotopic (exact) mass is 453 g/mol. The number of aryl methyl sites for hydroxylation is 1. The van der Waals surface area contributed by atoms with Crippen molar-refractivity contribution >= 4 is 40.0 Å². The van der Waals surface area contributed by atoms with Gasteiger partial charge in [-0.15, -0.1) is 0 Å². The number of anilines is 2. The lowest BCUT2D eigenvalue weighted by Crippen LogP contribution is -2.28. The number of nitrogens with two attached hydrogens (primary N) is 1. The first kappa shape index (κ1) is 21.3. The highest BCUT2D eigenvalue weighted by molar-refractivity contribution is 5.84. The Morgan fingerprint density at radius 2 is 2.00 bits per heavy atom. The van der Waals surface area contributed by atoms with Gasteiger partial charge in [0.1, 0.15) is 11.3 Å². The van der Waals surface area contributed by atoms with E-state index < -0.39 is 6.04 Å². The molecule has 5 aromatic rings. The van der Waals surface area contributed by atoms with Crippen LogP contribution in [0.4, 0.5) is 11.8 Å². The maximum Gasteiger partial charge on any atom is 0.266 e. The van der Waals surface area contributed by atoms with Gasteiger partial charge in [-0.2, -0.15) is 9.97 Å². The Hall–Kier alpha value is -4.60. The van der Waals surface area contributed by atoms with Gasteiger partial charge < -0.3 is 16.0 Å². The molecule has 0 amide bonds. The number of rotatable bonds is 5. The van der Waals surface area contributed by atoms with Gasteiger partial charge in [0.2, 0.25) is 5.95 Å². The Kier molecular flexibility index (Phi) is 5.25. The van der Waals surface area contributed by atoms with Crippen molar-refractivity contribution in [1.82, 2.24) is 29.5 Å². The molecule has 0 bridgehead atoms. The third-order valence-corrected chi connectivity index (χ3v) is 5.58. The second-order valence-electron chi connectivity index (χ2n) is 7.96. The molecular formula is C24H23N9O. The smallest absolute Gasteiger partial charge is 0.266 e. The van der Waals surface area contributed by atoms with Gasteiger partial charge in [0.15, 0.2) is 11.5 Å². The van der Waals surface area contributed by atoms with Crippen molar-refractivity contribution < 1.29 is 0 Å². The average molecular weight is 454 g/mol. The Labute approximate surface area is 194 Å². The second-order valence-corrected chi connectivity index (χ2v) is 7.96. The van der Waals surface area contributed by atoms with Gasteiger partial charge in [0.25, 0.3) is 5.56 Å². The molecule has 34 heavy (non-hydrogen) atoms. The van der Waals surface area contributed by atoms with Gasteiger partial charge in [-0.3, -0.25) is 14.4 Å². The molecular weight excluding hydrogens is 430 g/mol. The van der Waals surface area contributed by atoms with Gasteiger partial charge in [0.05, 0.1) is 29.0 Å². The number of nitrogens with zero attached hydrogens (tertiary/aromatic N) is 6. The van der Waals surface area contributed by atoms with Crippen LogP contribution in [-0.2, 0) is 0 Å². The third kappa shape index (κ3) is 3.64. The Balaban J connectivity index is 1.72. The highest BCUT2D eigenvalue weighted by Crippen LogP contribution is 2.25. The summed E-state index contributed by atoms with van der Waals surface area (Å²) < 4.78 is 1.63. The number of hydrogen-bond acceptors (Lipinski definition) is 8. The maximum absolute atomic E-state index is 13.8. The van der Waals surface area contributed by atoms with Crippen molar-refractivity contribution in [3.63, 3.8) is 0 Å². The third-order valence-electron chi connectivity index (χ3n) is 5.58. The number of nitrogen functional groups attached to an aromatic ring is 1. The van der Waals surface area contributed by atoms with Gasteiger partial charge in [-0.25, -0.2) is 9.97 Å². The summed E-state index contributed by atoms with van der Waals surface area (Å²) in [4.78, 5) is 38.5. The standard InChI is InChI=1S/C24H23N9O/c1-13-6-4-9-17-18(13)23(34)33(16-8-5-7-15(10-16)11-26-3)22(30-17)14(2)29-21-19-20(28-12-27-19)31-24(25)32-21/h4-12,14H,1-3H3,(H4,25,27,28,29,31,32). The van der Waals surface area contributed by atoms with Crippen molar-refractivity contribution in [2.45, 2.75) is 19.9 Å². The minimum absolute atomic E-state index is 0.0975. The maximum atomic E-state index is 13.8. The van der Waals surface area contributed by atoms with Crippen molar-refractivity contribution in [3.8, 4) is 5.69 Å². The van der Waals surface area contributed by atoms with Crippen LogP contribution < -0.4 is 16.6 Å². The molecule has 10 nitrogen and oxygen atoms in total. The molecule has 0 fully saturated rings. The fourth-order valence-corrected chi connectivity index (χ4v) is 4.07. The molecule has 3 heterocycles. The molecule has 0 saturated carbocycles. The minimum atomic E-state index is -0.415. The highest BCUT2D eigenvalue weighted by atomic mass is 16.1. The van der Waals surface area contributed by atoms with Crippen LogP contribution >= 0.6 is 0 Å². The molecule has 170 valence electrons. The molecule has 0 aliphatic rings. The first-order valence-corrected chi connectivity index (χ1v) is 10.7. The van der Waals surface area contributed by atoms with Crippen LogP contribution in [0.25, 0.3) is 27.8 Å². The number of nitrogens with one attached hydrogen (secondary N) is 2. The van der Waals surface area contributed by atoms with E-state index in [4.69, 9.17) is 10.7 Å². The summed E-state index contributed by atoms with van der Waals surface area (Å²) in [7, 11) is 1.71. The molecule has 0 aliphatic carbocycles. The van der Waals surface area contributed by atoms with Crippen LogP contribution in [0.2, 0.25) is 0 Å². The van der Waals surface area contributed by atoms with Gasteiger partial charge in [-0.1, -0.05) is 24.3 Å². The average Bonchev–Trinajstić information content (AvgIpc) is 3.28.